The van der Waals surface area contributed by atoms with Crippen molar-refractivity contribution < 1.29 is 22.2 Å². The maximum absolute atomic E-state index is 13.2. The van der Waals surface area contributed by atoms with Crippen LogP contribution < -0.4 is 16.8 Å². The summed E-state index contributed by atoms with van der Waals surface area (Å²) in [6.07, 6.45) is 0. The first kappa shape index (κ1) is 29.1. The van der Waals surface area contributed by atoms with Gasteiger partial charge >= 0.3 is 0 Å². The molecule has 0 fully saturated rings. The van der Waals surface area contributed by atoms with Gasteiger partial charge in [0.1, 0.15) is 0 Å². The zero-order valence-electron chi connectivity index (χ0n) is 21.1. The Hall–Kier alpha value is -2.18. The molecular weight excluding hydrogens is 486 g/mol. The summed E-state index contributed by atoms with van der Waals surface area (Å²) in [5, 5.41) is 1.96. The largest absolute Gasteiger partial charge is 0.399 e. The third kappa shape index (κ3) is 8.46. The molecular formula is C24H40N5O4S2+. The fourth-order valence-corrected chi connectivity index (χ4v) is 6.86. The molecule has 0 atom stereocenters. The minimum atomic E-state index is -3.65. The van der Waals surface area contributed by atoms with E-state index in [0.29, 0.717) is 50.6 Å². The highest BCUT2D eigenvalue weighted by molar-refractivity contribution is 7.89. The van der Waals surface area contributed by atoms with Crippen LogP contribution in [0, 0.1) is 11.8 Å². The van der Waals surface area contributed by atoms with Crippen molar-refractivity contribution >= 4 is 31.4 Å². The minimum absolute atomic E-state index is 0.158. The molecule has 0 radical (unpaired) electrons. The average Bonchev–Trinajstić information content (AvgIpc) is 2.77. The van der Waals surface area contributed by atoms with Crippen molar-refractivity contribution in [1.29, 1.82) is 0 Å². The predicted molar refractivity (Wildman–Crippen MR) is 141 cm³/mol. The summed E-state index contributed by atoms with van der Waals surface area (Å²) in [6.45, 7) is 10.3. The lowest BCUT2D eigenvalue weighted by Crippen LogP contribution is -2.87. The van der Waals surface area contributed by atoms with Gasteiger partial charge in [-0.1, -0.05) is 27.7 Å². The first-order chi connectivity index (χ1) is 16.3. The molecule has 6 N–H and O–H groups in total. The van der Waals surface area contributed by atoms with Crippen LogP contribution >= 0.6 is 0 Å². The van der Waals surface area contributed by atoms with Crippen LogP contribution in [0.4, 0.5) is 11.4 Å². The number of nitrogens with two attached hydrogens (primary N) is 3. The number of nitrogens with zero attached hydrogens (tertiary/aromatic N) is 2. The highest BCUT2D eigenvalue weighted by atomic mass is 32.2. The molecule has 0 aliphatic heterocycles. The zero-order valence-corrected chi connectivity index (χ0v) is 22.7. The predicted octanol–water partition coefficient (Wildman–Crippen LogP) is 1.41. The molecule has 0 aliphatic rings. The summed E-state index contributed by atoms with van der Waals surface area (Å²) in [6, 6.07) is 12.4. The lowest BCUT2D eigenvalue weighted by molar-refractivity contribution is -0.653. The van der Waals surface area contributed by atoms with Crippen LogP contribution in [0.15, 0.2) is 58.3 Å². The molecule has 0 bridgehead atoms. The van der Waals surface area contributed by atoms with Crippen LogP contribution in [0.2, 0.25) is 0 Å². The van der Waals surface area contributed by atoms with E-state index in [4.69, 9.17) is 11.5 Å². The number of rotatable bonds is 14. The van der Waals surface area contributed by atoms with E-state index in [1.807, 2.05) is 33.0 Å². The van der Waals surface area contributed by atoms with Gasteiger partial charge in [-0.3, -0.25) is 0 Å². The van der Waals surface area contributed by atoms with Gasteiger partial charge < -0.3 is 16.8 Å². The van der Waals surface area contributed by atoms with Crippen molar-refractivity contribution in [3.63, 3.8) is 0 Å². The second-order valence-electron chi connectivity index (χ2n) is 9.52. The number of benzene rings is 2. The summed E-state index contributed by atoms with van der Waals surface area (Å²) in [5.41, 5.74) is 12.4. The summed E-state index contributed by atoms with van der Waals surface area (Å²) in [4.78, 5) is 0.426. The van der Waals surface area contributed by atoms with Gasteiger partial charge in [0.25, 0.3) is 0 Å². The maximum atomic E-state index is 13.2. The molecule has 196 valence electrons. The summed E-state index contributed by atoms with van der Waals surface area (Å²) in [5.74, 6) is 0.315. The molecule has 11 heteroatoms. The summed E-state index contributed by atoms with van der Waals surface area (Å²) in [7, 11) is -7.31. The molecule has 0 spiro atoms. The minimum Gasteiger partial charge on any atom is -0.399 e. The number of anilines is 2. The second-order valence-corrected chi connectivity index (χ2v) is 13.4. The molecule has 2 aromatic rings. The van der Waals surface area contributed by atoms with E-state index >= 15 is 0 Å². The van der Waals surface area contributed by atoms with Gasteiger partial charge in [0.2, 0.25) is 20.0 Å². The molecule has 0 aromatic heterocycles. The fraction of sp³-hybridized carbons (Fsp3) is 0.500. The van der Waals surface area contributed by atoms with Crippen LogP contribution in [-0.2, 0) is 20.0 Å². The number of sulfonamides is 2. The first-order valence-electron chi connectivity index (χ1n) is 11.9. The standard InChI is InChI=1S/C24H39N5O4S2/c1-19(2)17-28(34(30,31)23-9-5-21(25)6-10-23)15-13-27-14-16-29(18-20(3)4)35(32,33)24-11-7-22(26)8-12-24/h5-12,19-20,27H,13-18,25-26H2,1-4H3/p+1. The molecule has 9 nitrogen and oxygen atoms in total. The van der Waals surface area contributed by atoms with Gasteiger partial charge in [-0.2, -0.15) is 8.61 Å². The lowest BCUT2D eigenvalue weighted by Gasteiger charge is -2.25. The van der Waals surface area contributed by atoms with E-state index in [2.05, 4.69) is 0 Å². The van der Waals surface area contributed by atoms with Gasteiger partial charge in [-0.15, -0.1) is 0 Å². The average molecular weight is 527 g/mol. The number of quaternary nitrogens is 1. The van der Waals surface area contributed by atoms with E-state index in [1.165, 1.54) is 32.9 Å². The van der Waals surface area contributed by atoms with Gasteiger partial charge in [0.15, 0.2) is 0 Å². The Kier molecular flexibility index (Phi) is 10.5. The highest BCUT2D eigenvalue weighted by Crippen LogP contribution is 2.19. The van der Waals surface area contributed by atoms with Crippen molar-refractivity contribution in [2.24, 2.45) is 11.8 Å². The molecule has 0 saturated carbocycles. The number of nitrogen functional groups attached to an aromatic ring is 2. The smallest absolute Gasteiger partial charge is 0.243 e. The molecule has 0 amide bonds. The second kappa shape index (κ2) is 12.7. The Labute approximate surface area is 210 Å². The molecule has 0 heterocycles. The third-order valence-electron chi connectivity index (χ3n) is 5.34. The quantitative estimate of drug-likeness (QED) is 0.251. The van der Waals surface area contributed by atoms with Crippen LogP contribution in [-0.4, -0.2) is 64.7 Å². The van der Waals surface area contributed by atoms with Gasteiger partial charge in [0, 0.05) is 24.5 Å². The van der Waals surface area contributed by atoms with E-state index in [1.54, 1.807) is 24.3 Å². The summed E-state index contributed by atoms with van der Waals surface area (Å²) >= 11 is 0. The van der Waals surface area contributed by atoms with E-state index in [0.717, 1.165) is 0 Å². The van der Waals surface area contributed by atoms with Crippen LogP contribution in [0.25, 0.3) is 0 Å². The Morgan fingerprint density at radius 1 is 0.657 bits per heavy atom. The van der Waals surface area contributed by atoms with Gasteiger partial charge in [-0.25, -0.2) is 16.8 Å². The normalized spacial score (nSPS) is 12.8. The van der Waals surface area contributed by atoms with E-state index in [-0.39, 0.29) is 21.6 Å². The molecule has 2 aromatic carbocycles. The molecule has 2 rings (SSSR count). The summed E-state index contributed by atoms with van der Waals surface area (Å²) < 4.78 is 55.6. The molecule has 0 saturated heterocycles. The zero-order chi connectivity index (χ0) is 26.2. The maximum Gasteiger partial charge on any atom is 0.243 e. The topological polar surface area (TPSA) is 143 Å². The van der Waals surface area contributed by atoms with Crippen molar-refractivity contribution in [3.8, 4) is 0 Å². The third-order valence-corrected chi connectivity index (χ3v) is 9.10. The van der Waals surface area contributed by atoms with E-state index in [9.17, 15) is 16.8 Å². The van der Waals surface area contributed by atoms with E-state index < -0.39 is 20.0 Å². The monoisotopic (exact) mass is 526 g/mol. The Bertz CT molecular complexity index is 1040. The van der Waals surface area contributed by atoms with Crippen LogP contribution in [0.3, 0.4) is 0 Å². The number of hydrogen-bond donors (Lipinski definition) is 3. The Balaban J connectivity index is 2.03. The molecule has 0 unspecified atom stereocenters. The highest BCUT2D eigenvalue weighted by Gasteiger charge is 2.27. The van der Waals surface area contributed by atoms with Crippen LogP contribution in [0.1, 0.15) is 27.7 Å². The molecule has 0 aliphatic carbocycles. The number of hydrogen-bond acceptors (Lipinski definition) is 6. The molecule has 35 heavy (non-hydrogen) atoms. The fourth-order valence-electron chi connectivity index (χ4n) is 3.63. The Morgan fingerprint density at radius 2 is 0.971 bits per heavy atom. The van der Waals surface area contributed by atoms with Crippen molar-refractivity contribution in [3.05, 3.63) is 48.5 Å². The van der Waals surface area contributed by atoms with Crippen LogP contribution in [0.5, 0.6) is 0 Å². The van der Waals surface area contributed by atoms with Crippen molar-refractivity contribution in [1.82, 2.24) is 8.61 Å². The van der Waals surface area contributed by atoms with Crippen molar-refractivity contribution in [2.75, 3.05) is 50.7 Å². The Morgan fingerprint density at radius 3 is 1.26 bits per heavy atom. The first-order valence-corrected chi connectivity index (χ1v) is 14.7. The SMILES string of the molecule is CC(C)CN(CC[NH2+]CCN(CC(C)C)S(=O)(=O)c1ccc(N)cc1)S(=O)(=O)c1ccc(N)cc1. The lowest BCUT2D eigenvalue weighted by atomic mass is 10.2. The van der Waals surface area contributed by atoms with Gasteiger partial charge in [-0.05, 0) is 60.4 Å². The van der Waals surface area contributed by atoms with Gasteiger partial charge in [0.05, 0.1) is 36.0 Å². The van der Waals surface area contributed by atoms with Crippen molar-refractivity contribution in [2.45, 2.75) is 37.5 Å².